The third-order valence-corrected chi connectivity index (χ3v) is 2.64. The van der Waals surface area contributed by atoms with Gasteiger partial charge in [-0.2, -0.15) is 0 Å². The summed E-state index contributed by atoms with van der Waals surface area (Å²) in [4.78, 5) is 11.5. The molecule has 1 heterocycles. The van der Waals surface area contributed by atoms with Gasteiger partial charge in [0, 0.05) is 19.7 Å². The monoisotopic (exact) mass is 200 g/mol. The van der Waals surface area contributed by atoms with Crippen molar-refractivity contribution in [1.82, 2.24) is 10.6 Å². The van der Waals surface area contributed by atoms with E-state index in [-0.39, 0.29) is 18.1 Å². The number of carbonyl (C=O) groups is 1. The lowest BCUT2D eigenvalue weighted by molar-refractivity contribution is -0.131. The number of amides is 1. The van der Waals surface area contributed by atoms with Gasteiger partial charge in [0.05, 0.1) is 0 Å². The standard InChI is InChI=1S/C10H20N2O2/c1-7-4-9(6-11-5-7)12-10(13)8(2)14-3/h7-9,11H,4-6H2,1-3H3,(H,12,13). The van der Waals surface area contributed by atoms with Crippen molar-refractivity contribution < 1.29 is 9.53 Å². The maximum atomic E-state index is 11.5. The van der Waals surface area contributed by atoms with Crippen molar-refractivity contribution in [3.8, 4) is 0 Å². The second-order valence-corrected chi connectivity index (χ2v) is 4.08. The third kappa shape index (κ3) is 3.27. The van der Waals surface area contributed by atoms with Crippen LogP contribution in [0.5, 0.6) is 0 Å². The molecule has 4 nitrogen and oxygen atoms in total. The average Bonchev–Trinajstić information content (AvgIpc) is 2.16. The molecule has 0 radical (unpaired) electrons. The first-order valence-corrected chi connectivity index (χ1v) is 5.17. The minimum Gasteiger partial charge on any atom is -0.372 e. The minimum atomic E-state index is -0.354. The van der Waals surface area contributed by atoms with Crippen LogP contribution in [0.4, 0.5) is 0 Å². The molecule has 4 heteroatoms. The Labute approximate surface area is 85.4 Å². The van der Waals surface area contributed by atoms with Gasteiger partial charge in [-0.1, -0.05) is 6.92 Å². The number of carbonyl (C=O) groups excluding carboxylic acids is 1. The minimum absolute atomic E-state index is 0.0200. The van der Waals surface area contributed by atoms with Crippen LogP contribution in [-0.2, 0) is 9.53 Å². The molecule has 3 unspecified atom stereocenters. The number of piperidine rings is 1. The summed E-state index contributed by atoms with van der Waals surface area (Å²) < 4.78 is 4.95. The van der Waals surface area contributed by atoms with E-state index in [9.17, 15) is 4.79 Å². The quantitative estimate of drug-likeness (QED) is 0.681. The van der Waals surface area contributed by atoms with Crippen LogP contribution in [0.2, 0.25) is 0 Å². The first-order chi connectivity index (χ1) is 6.63. The average molecular weight is 200 g/mol. The molecular formula is C10H20N2O2. The van der Waals surface area contributed by atoms with Gasteiger partial charge in [0.2, 0.25) is 5.91 Å². The zero-order valence-corrected chi connectivity index (χ0v) is 9.17. The van der Waals surface area contributed by atoms with Gasteiger partial charge in [-0.3, -0.25) is 4.79 Å². The van der Waals surface area contributed by atoms with E-state index in [0.717, 1.165) is 19.5 Å². The maximum Gasteiger partial charge on any atom is 0.249 e. The second-order valence-electron chi connectivity index (χ2n) is 4.08. The molecule has 1 amide bonds. The molecule has 0 aromatic carbocycles. The second kappa shape index (κ2) is 5.32. The Balaban J connectivity index is 2.32. The first kappa shape index (κ1) is 11.5. The lowest BCUT2D eigenvalue weighted by Gasteiger charge is -2.29. The lowest BCUT2D eigenvalue weighted by atomic mass is 9.97. The zero-order chi connectivity index (χ0) is 10.6. The Morgan fingerprint density at radius 2 is 2.29 bits per heavy atom. The summed E-state index contributed by atoms with van der Waals surface area (Å²) in [6, 6.07) is 0.254. The van der Waals surface area contributed by atoms with E-state index in [1.165, 1.54) is 0 Å². The number of ether oxygens (including phenoxy) is 1. The molecule has 0 spiro atoms. The predicted octanol–water partition coefficient (Wildman–Crippen LogP) is 0.135. The number of hydrogen-bond donors (Lipinski definition) is 2. The molecule has 1 aliphatic heterocycles. The van der Waals surface area contributed by atoms with Crippen LogP contribution in [-0.4, -0.2) is 38.3 Å². The summed E-state index contributed by atoms with van der Waals surface area (Å²) in [6.45, 7) is 5.86. The zero-order valence-electron chi connectivity index (χ0n) is 9.17. The molecule has 3 atom stereocenters. The summed E-state index contributed by atoms with van der Waals surface area (Å²) in [5.74, 6) is 0.611. The van der Waals surface area contributed by atoms with Crippen molar-refractivity contribution in [2.24, 2.45) is 5.92 Å². The Morgan fingerprint density at radius 3 is 2.86 bits per heavy atom. The number of hydrogen-bond acceptors (Lipinski definition) is 3. The smallest absolute Gasteiger partial charge is 0.249 e. The summed E-state index contributed by atoms with van der Waals surface area (Å²) in [6.07, 6.45) is 0.696. The van der Waals surface area contributed by atoms with E-state index in [4.69, 9.17) is 4.74 Å². The van der Waals surface area contributed by atoms with Crippen LogP contribution in [0.15, 0.2) is 0 Å². The Kier molecular flexibility index (Phi) is 4.35. The highest BCUT2D eigenvalue weighted by Gasteiger charge is 2.21. The summed E-state index contributed by atoms with van der Waals surface area (Å²) in [7, 11) is 1.55. The highest BCUT2D eigenvalue weighted by atomic mass is 16.5. The maximum absolute atomic E-state index is 11.5. The number of nitrogens with one attached hydrogen (secondary N) is 2. The molecule has 82 valence electrons. The Hall–Kier alpha value is -0.610. The van der Waals surface area contributed by atoms with E-state index in [1.54, 1.807) is 14.0 Å². The molecule has 0 saturated carbocycles. The summed E-state index contributed by atoms with van der Waals surface area (Å²) >= 11 is 0. The number of methoxy groups -OCH3 is 1. The molecule has 0 aliphatic carbocycles. The van der Waals surface area contributed by atoms with E-state index in [2.05, 4.69) is 17.6 Å². The molecule has 1 fully saturated rings. The fourth-order valence-corrected chi connectivity index (χ4v) is 1.69. The van der Waals surface area contributed by atoms with Crippen molar-refractivity contribution in [2.75, 3.05) is 20.2 Å². The molecule has 14 heavy (non-hydrogen) atoms. The Bertz CT molecular complexity index is 197. The van der Waals surface area contributed by atoms with Crippen LogP contribution >= 0.6 is 0 Å². The van der Waals surface area contributed by atoms with Crippen molar-refractivity contribution >= 4 is 5.91 Å². The fraction of sp³-hybridized carbons (Fsp3) is 0.900. The summed E-state index contributed by atoms with van der Waals surface area (Å²) in [5, 5.41) is 6.26. The van der Waals surface area contributed by atoms with Crippen molar-refractivity contribution in [3.63, 3.8) is 0 Å². The molecule has 0 aromatic heterocycles. The van der Waals surface area contributed by atoms with Gasteiger partial charge < -0.3 is 15.4 Å². The molecular weight excluding hydrogens is 180 g/mol. The number of rotatable bonds is 3. The van der Waals surface area contributed by atoms with Crippen molar-refractivity contribution in [3.05, 3.63) is 0 Å². The molecule has 0 bridgehead atoms. The van der Waals surface area contributed by atoms with Gasteiger partial charge in [-0.05, 0) is 25.8 Å². The normalized spacial score (nSPS) is 29.6. The molecule has 1 rings (SSSR count). The fourth-order valence-electron chi connectivity index (χ4n) is 1.69. The predicted molar refractivity (Wildman–Crippen MR) is 55.1 cm³/mol. The topological polar surface area (TPSA) is 50.4 Å². The van der Waals surface area contributed by atoms with Gasteiger partial charge >= 0.3 is 0 Å². The van der Waals surface area contributed by atoms with Crippen molar-refractivity contribution in [1.29, 1.82) is 0 Å². The lowest BCUT2D eigenvalue weighted by Crippen LogP contribution is -2.50. The largest absolute Gasteiger partial charge is 0.372 e. The van der Waals surface area contributed by atoms with Crippen LogP contribution in [0, 0.1) is 5.92 Å². The van der Waals surface area contributed by atoms with Gasteiger partial charge in [-0.25, -0.2) is 0 Å². The van der Waals surface area contributed by atoms with E-state index in [0.29, 0.717) is 5.92 Å². The highest BCUT2D eigenvalue weighted by Crippen LogP contribution is 2.09. The molecule has 1 saturated heterocycles. The SMILES string of the molecule is COC(C)C(=O)NC1CNCC(C)C1. The highest BCUT2D eigenvalue weighted by molar-refractivity contribution is 5.80. The van der Waals surface area contributed by atoms with Crippen LogP contribution in [0.1, 0.15) is 20.3 Å². The van der Waals surface area contributed by atoms with Crippen LogP contribution in [0.3, 0.4) is 0 Å². The summed E-state index contributed by atoms with van der Waals surface area (Å²) in [5.41, 5.74) is 0. The van der Waals surface area contributed by atoms with Crippen LogP contribution in [0.25, 0.3) is 0 Å². The van der Waals surface area contributed by atoms with Gasteiger partial charge in [0.25, 0.3) is 0 Å². The van der Waals surface area contributed by atoms with Gasteiger partial charge in [0.15, 0.2) is 0 Å². The van der Waals surface area contributed by atoms with E-state index in [1.807, 2.05) is 0 Å². The Morgan fingerprint density at radius 1 is 1.57 bits per heavy atom. The van der Waals surface area contributed by atoms with Gasteiger partial charge in [-0.15, -0.1) is 0 Å². The third-order valence-electron chi connectivity index (χ3n) is 2.64. The molecule has 1 aliphatic rings. The molecule has 0 aromatic rings. The van der Waals surface area contributed by atoms with Crippen molar-refractivity contribution in [2.45, 2.75) is 32.4 Å². The van der Waals surface area contributed by atoms with E-state index >= 15 is 0 Å². The first-order valence-electron chi connectivity index (χ1n) is 5.17. The van der Waals surface area contributed by atoms with Gasteiger partial charge in [0.1, 0.15) is 6.10 Å². The van der Waals surface area contributed by atoms with Crippen LogP contribution < -0.4 is 10.6 Å². The molecule has 2 N–H and O–H groups in total. The van der Waals surface area contributed by atoms with E-state index < -0.39 is 0 Å².